The summed E-state index contributed by atoms with van der Waals surface area (Å²) >= 11 is 6.01. The number of nitrogens with one attached hydrogen (secondary N) is 1. The molecule has 0 aromatic heterocycles. The first-order valence-corrected chi connectivity index (χ1v) is 6.66. The lowest BCUT2D eigenvalue weighted by atomic mass is 10.2. The van der Waals surface area contributed by atoms with Crippen molar-refractivity contribution < 1.29 is 0 Å². The summed E-state index contributed by atoms with van der Waals surface area (Å²) in [7, 11) is 0. The van der Waals surface area contributed by atoms with Gasteiger partial charge in [0.25, 0.3) is 0 Å². The summed E-state index contributed by atoms with van der Waals surface area (Å²) in [5.74, 6) is 0. The number of halogens is 1. The second-order valence-corrected chi connectivity index (χ2v) is 4.80. The van der Waals surface area contributed by atoms with Crippen molar-refractivity contribution in [3.63, 3.8) is 0 Å². The van der Waals surface area contributed by atoms with Crippen molar-refractivity contribution in [2.24, 2.45) is 0 Å². The number of hydrogen-bond acceptors (Lipinski definition) is 3. The predicted octanol–water partition coefficient (Wildman–Crippen LogP) is 2.38. The molecule has 94 valence electrons. The highest BCUT2D eigenvalue weighted by atomic mass is 35.5. The first-order valence-electron chi connectivity index (χ1n) is 6.28. The van der Waals surface area contributed by atoms with Gasteiger partial charge in [0.05, 0.1) is 0 Å². The van der Waals surface area contributed by atoms with Gasteiger partial charge in [-0.25, -0.2) is 5.01 Å². The Morgan fingerprint density at radius 1 is 1.24 bits per heavy atom. The van der Waals surface area contributed by atoms with E-state index in [0.717, 1.165) is 37.7 Å². The average molecular weight is 254 g/mol. The minimum atomic E-state index is 0.814. The average Bonchev–Trinajstić information content (AvgIpc) is 2.37. The molecule has 0 atom stereocenters. The molecule has 1 aromatic rings. The van der Waals surface area contributed by atoms with Crippen LogP contribution in [-0.2, 0) is 0 Å². The van der Waals surface area contributed by atoms with Gasteiger partial charge in [0.1, 0.15) is 0 Å². The number of hydrazine groups is 1. The first-order chi connectivity index (χ1) is 8.29. The van der Waals surface area contributed by atoms with Crippen LogP contribution in [0.5, 0.6) is 0 Å². The topological polar surface area (TPSA) is 18.5 Å². The molecule has 0 unspecified atom stereocenters. The van der Waals surface area contributed by atoms with E-state index in [9.17, 15) is 0 Å². The van der Waals surface area contributed by atoms with Crippen LogP contribution in [0.3, 0.4) is 0 Å². The normalized spacial score (nSPS) is 17.4. The summed E-state index contributed by atoms with van der Waals surface area (Å²) < 4.78 is 0. The van der Waals surface area contributed by atoms with Crippen molar-refractivity contribution in [1.82, 2.24) is 10.4 Å². The van der Waals surface area contributed by atoms with E-state index in [0.29, 0.717) is 0 Å². The molecular weight excluding hydrogens is 234 g/mol. The molecule has 4 heteroatoms. The van der Waals surface area contributed by atoms with Crippen molar-refractivity contribution in [2.45, 2.75) is 13.3 Å². The summed E-state index contributed by atoms with van der Waals surface area (Å²) in [6, 6.07) is 8.10. The molecule has 3 nitrogen and oxygen atoms in total. The highest BCUT2D eigenvalue weighted by Crippen LogP contribution is 2.20. The fourth-order valence-electron chi connectivity index (χ4n) is 2.07. The number of piperazine rings is 1. The molecule has 0 spiro atoms. The smallest absolute Gasteiger partial charge is 0.0426 e. The van der Waals surface area contributed by atoms with Gasteiger partial charge in [0, 0.05) is 43.4 Å². The highest BCUT2D eigenvalue weighted by molar-refractivity contribution is 6.30. The monoisotopic (exact) mass is 253 g/mol. The summed E-state index contributed by atoms with van der Waals surface area (Å²) in [6.07, 6.45) is 1.18. The molecule has 0 bridgehead atoms. The fourth-order valence-corrected chi connectivity index (χ4v) is 2.25. The Morgan fingerprint density at radius 2 is 2.00 bits per heavy atom. The van der Waals surface area contributed by atoms with Gasteiger partial charge in [0.2, 0.25) is 0 Å². The van der Waals surface area contributed by atoms with Gasteiger partial charge in [-0.05, 0) is 24.6 Å². The molecule has 0 aliphatic carbocycles. The number of nitrogens with zero attached hydrogens (tertiary/aromatic N) is 2. The standard InChI is InChI=1S/C13H20ClN3/c1-2-6-15-17-9-7-16(8-10-17)13-5-3-4-12(14)11-13/h3-5,11,15H,2,6-10H2,1H3. The molecule has 1 aliphatic rings. The molecule has 1 heterocycles. The van der Waals surface area contributed by atoms with Crippen molar-refractivity contribution in [2.75, 3.05) is 37.6 Å². The predicted molar refractivity (Wildman–Crippen MR) is 73.5 cm³/mol. The number of anilines is 1. The molecule has 2 rings (SSSR count). The number of rotatable bonds is 4. The van der Waals surface area contributed by atoms with Crippen molar-refractivity contribution >= 4 is 17.3 Å². The molecular formula is C13H20ClN3. The van der Waals surface area contributed by atoms with Crippen LogP contribution in [0.2, 0.25) is 5.02 Å². The van der Waals surface area contributed by atoms with E-state index in [1.54, 1.807) is 0 Å². The summed E-state index contributed by atoms with van der Waals surface area (Å²) in [6.45, 7) is 7.49. The Kier molecular flexibility index (Phi) is 4.66. The maximum atomic E-state index is 6.01. The van der Waals surface area contributed by atoms with Crippen LogP contribution in [0.25, 0.3) is 0 Å². The van der Waals surface area contributed by atoms with Crippen LogP contribution in [0.1, 0.15) is 13.3 Å². The Bertz CT molecular complexity index is 348. The molecule has 1 aliphatic heterocycles. The van der Waals surface area contributed by atoms with Crippen molar-refractivity contribution in [3.05, 3.63) is 29.3 Å². The Labute approximate surface area is 108 Å². The Balaban J connectivity index is 1.86. The lowest BCUT2D eigenvalue weighted by Crippen LogP contribution is -2.52. The van der Waals surface area contributed by atoms with Crippen LogP contribution >= 0.6 is 11.6 Å². The van der Waals surface area contributed by atoms with Crippen LogP contribution in [0, 0.1) is 0 Å². The molecule has 0 amide bonds. The lowest BCUT2D eigenvalue weighted by molar-refractivity contribution is 0.177. The van der Waals surface area contributed by atoms with E-state index >= 15 is 0 Å². The maximum Gasteiger partial charge on any atom is 0.0426 e. The van der Waals surface area contributed by atoms with Crippen LogP contribution < -0.4 is 10.3 Å². The minimum Gasteiger partial charge on any atom is -0.369 e. The molecule has 1 saturated heterocycles. The molecule has 17 heavy (non-hydrogen) atoms. The van der Waals surface area contributed by atoms with Gasteiger partial charge in [0.15, 0.2) is 0 Å². The third-order valence-corrected chi connectivity index (χ3v) is 3.27. The molecule has 1 N–H and O–H groups in total. The molecule has 1 fully saturated rings. The van der Waals surface area contributed by atoms with E-state index in [4.69, 9.17) is 11.6 Å². The second kappa shape index (κ2) is 6.24. The second-order valence-electron chi connectivity index (χ2n) is 4.36. The van der Waals surface area contributed by atoms with Crippen molar-refractivity contribution in [3.8, 4) is 0 Å². The zero-order chi connectivity index (χ0) is 12.1. The third kappa shape index (κ3) is 3.60. The van der Waals surface area contributed by atoms with Gasteiger partial charge >= 0.3 is 0 Å². The SMILES string of the molecule is CCCNN1CCN(c2cccc(Cl)c2)CC1. The van der Waals surface area contributed by atoms with Crippen LogP contribution in [0.15, 0.2) is 24.3 Å². The number of hydrogen-bond donors (Lipinski definition) is 1. The van der Waals surface area contributed by atoms with Gasteiger partial charge in [-0.1, -0.05) is 24.6 Å². The lowest BCUT2D eigenvalue weighted by Gasteiger charge is -2.36. The summed E-state index contributed by atoms with van der Waals surface area (Å²) in [4.78, 5) is 2.38. The van der Waals surface area contributed by atoms with Gasteiger partial charge < -0.3 is 4.90 Å². The van der Waals surface area contributed by atoms with Gasteiger partial charge in [-0.15, -0.1) is 0 Å². The van der Waals surface area contributed by atoms with E-state index in [1.165, 1.54) is 12.1 Å². The molecule has 0 saturated carbocycles. The third-order valence-electron chi connectivity index (χ3n) is 3.04. The van der Waals surface area contributed by atoms with E-state index in [-0.39, 0.29) is 0 Å². The zero-order valence-electron chi connectivity index (χ0n) is 10.3. The van der Waals surface area contributed by atoms with E-state index in [1.807, 2.05) is 18.2 Å². The minimum absolute atomic E-state index is 0.814. The Morgan fingerprint density at radius 3 is 2.65 bits per heavy atom. The maximum absolute atomic E-state index is 6.01. The van der Waals surface area contributed by atoms with Crippen LogP contribution in [0.4, 0.5) is 5.69 Å². The summed E-state index contributed by atoms with van der Waals surface area (Å²) in [5, 5.41) is 3.12. The Hall–Kier alpha value is -0.770. The molecule has 0 radical (unpaired) electrons. The summed E-state index contributed by atoms with van der Waals surface area (Å²) in [5.41, 5.74) is 4.66. The largest absolute Gasteiger partial charge is 0.369 e. The quantitative estimate of drug-likeness (QED) is 0.889. The zero-order valence-corrected chi connectivity index (χ0v) is 11.1. The van der Waals surface area contributed by atoms with Crippen LogP contribution in [-0.4, -0.2) is 37.7 Å². The fraction of sp³-hybridized carbons (Fsp3) is 0.538. The van der Waals surface area contributed by atoms with E-state index in [2.05, 4.69) is 28.3 Å². The highest BCUT2D eigenvalue weighted by Gasteiger charge is 2.16. The van der Waals surface area contributed by atoms with Gasteiger partial charge in [-0.2, -0.15) is 0 Å². The number of benzene rings is 1. The van der Waals surface area contributed by atoms with E-state index < -0.39 is 0 Å². The van der Waals surface area contributed by atoms with Crippen molar-refractivity contribution in [1.29, 1.82) is 0 Å². The molecule has 1 aromatic carbocycles. The van der Waals surface area contributed by atoms with Gasteiger partial charge in [-0.3, -0.25) is 5.43 Å². The first kappa shape index (κ1) is 12.7.